The van der Waals surface area contributed by atoms with E-state index in [2.05, 4.69) is 5.32 Å². The first-order chi connectivity index (χ1) is 8.22. The van der Waals surface area contributed by atoms with Crippen molar-refractivity contribution in [3.05, 3.63) is 47.5 Å². The molecule has 0 fully saturated rings. The lowest BCUT2D eigenvalue weighted by Gasteiger charge is -1.97. The molecule has 0 saturated heterocycles. The van der Waals surface area contributed by atoms with Gasteiger partial charge < -0.3 is 5.32 Å². The Morgan fingerprint density at radius 3 is 2.29 bits per heavy atom. The molecule has 1 rings (SSSR count). The van der Waals surface area contributed by atoms with E-state index in [1.165, 1.54) is 13.0 Å². The van der Waals surface area contributed by atoms with Crippen LogP contribution in [0.2, 0.25) is 0 Å². The fraction of sp³-hybridized carbons (Fsp3) is 0.143. The summed E-state index contributed by atoms with van der Waals surface area (Å²) >= 11 is 0. The van der Waals surface area contributed by atoms with Crippen molar-refractivity contribution in [1.82, 2.24) is 5.32 Å². The SMILES string of the molecule is CC(=O)NCC=Cc1ccc(/C=C/C=O)cc1. The van der Waals surface area contributed by atoms with Crippen LogP contribution in [0, 0.1) is 0 Å². The molecule has 0 bridgehead atoms. The zero-order chi connectivity index (χ0) is 12.5. The molecule has 0 unspecified atom stereocenters. The average Bonchev–Trinajstić information content (AvgIpc) is 2.33. The number of carbonyl (C=O) groups is 2. The van der Waals surface area contributed by atoms with Gasteiger partial charge in [-0.15, -0.1) is 0 Å². The zero-order valence-corrected chi connectivity index (χ0v) is 9.72. The molecule has 0 aliphatic heterocycles. The molecule has 88 valence electrons. The number of benzene rings is 1. The van der Waals surface area contributed by atoms with E-state index in [1.54, 1.807) is 6.08 Å². The summed E-state index contributed by atoms with van der Waals surface area (Å²) in [6, 6.07) is 7.76. The van der Waals surface area contributed by atoms with Crippen molar-refractivity contribution in [2.45, 2.75) is 6.92 Å². The third-order valence-corrected chi connectivity index (χ3v) is 2.08. The van der Waals surface area contributed by atoms with Gasteiger partial charge in [-0.3, -0.25) is 9.59 Å². The Labute approximate surface area is 101 Å². The number of hydrogen-bond donors (Lipinski definition) is 1. The van der Waals surface area contributed by atoms with Gasteiger partial charge in [0.25, 0.3) is 0 Å². The van der Waals surface area contributed by atoms with E-state index >= 15 is 0 Å². The number of rotatable bonds is 5. The standard InChI is InChI=1S/C14H15NO2/c1-12(17)15-10-2-4-13-6-8-14(9-7-13)5-3-11-16/h2-9,11H,10H2,1H3,(H,15,17)/b4-2?,5-3+. The van der Waals surface area contributed by atoms with Crippen LogP contribution in [-0.4, -0.2) is 18.7 Å². The molecule has 0 spiro atoms. The van der Waals surface area contributed by atoms with E-state index in [9.17, 15) is 9.59 Å². The monoisotopic (exact) mass is 229 g/mol. The van der Waals surface area contributed by atoms with Gasteiger partial charge in [-0.2, -0.15) is 0 Å². The molecule has 3 heteroatoms. The van der Waals surface area contributed by atoms with Gasteiger partial charge in [0.1, 0.15) is 6.29 Å². The summed E-state index contributed by atoms with van der Waals surface area (Å²) in [5.41, 5.74) is 2.04. The highest BCUT2D eigenvalue weighted by Crippen LogP contribution is 2.07. The maximum Gasteiger partial charge on any atom is 0.217 e. The third kappa shape index (κ3) is 5.47. The van der Waals surface area contributed by atoms with Gasteiger partial charge >= 0.3 is 0 Å². The molecule has 0 saturated carbocycles. The summed E-state index contributed by atoms with van der Waals surface area (Å²) in [7, 11) is 0. The van der Waals surface area contributed by atoms with E-state index in [0.717, 1.165) is 17.4 Å². The average molecular weight is 229 g/mol. The molecule has 0 aromatic heterocycles. The maximum absolute atomic E-state index is 10.6. The van der Waals surface area contributed by atoms with Crippen molar-refractivity contribution >= 4 is 24.3 Å². The predicted octanol–water partition coefficient (Wildman–Crippen LogP) is 2.05. The molecule has 1 aromatic rings. The first-order valence-electron chi connectivity index (χ1n) is 5.35. The fourth-order valence-electron chi connectivity index (χ4n) is 1.27. The quantitative estimate of drug-likeness (QED) is 0.620. The topological polar surface area (TPSA) is 46.2 Å². The highest BCUT2D eigenvalue weighted by Gasteiger charge is 1.89. The molecule has 0 atom stereocenters. The predicted molar refractivity (Wildman–Crippen MR) is 69.3 cm³/mol. The lowest BCUT2D eigenvalue weighted by Crippen LogP contribution is -2.19. The van der Waals surface area contributed by atoms with Crippen LogP contribution >= 0.6 is 0 Å². The third-order valence-electron chi connectivity index (χ3n) is 2.08. The molecule has 0 aliphatic carbocycles. The van der Waals surface area contributed by atoms with E-state index in [1.807, 2.05) is 36.4 Å². The number of amides is 1. The number of nitrogens with one attached hydrogen (secondary N) is 1. The van der Waals surface area contributed by atoms with Gasteiger partial charge in [0, 0.05) is 13.5 Å². The van der Waals surface area contributed by atoms with Crippen LogP contribution in [0.15, 0.2) is 36.4 Å². The normalized spacial score (nSPS) is 10.9. The number of hydrogen-bond acceptors (Lipinski definition) is 2. The van der Waals surface area contributed by atoms with Gasteiger partial charge in [0.15, 0.2) is 0 Å². The largest absolute Gasteiger partial charge is 0.353 e. The van der Waals surface area contributed by atoms with Crippen molar-refractivity contribution in [3.8, 4) is 0 Å². The first-order valence-corrected chi connectivity index (χ1v) is 5.35. The highest BCUT2D eigenvalue weighted by molar-refractivity contribution is 5.74. The van der Waals surface area contributed by atoms with Gasteiger partial charge in [0.05, 0.1) is 0 Å². The summed E-state index contributed by atoms with van der Waals surface area (Å²) in [5, 5.41) is 2.68. The lowest BCUT2D eigenvalue weighted by molar-refractivity contribution is -0.118. The van der Waals surface area contributed by atoms with Gasteiger partial charge in [-0.25, -0.2) is 0 Å². The Balaban J connectivity index is 2.53. The Kier molecular flexibility index (Phi) is 5.44. The van der Waals surface area contributed by atoms with Crippen molar-refractivity contribution in [3.63, 3.8) is 0 Å². The summed E-state index contributed by atoms with van der Waals surface area (Å²) < 4.78 is 0. The fourth-order valence-corrected chi connectivity index (χ4v) is 1.27. The number of aldehydes is 1. The molecule has 0 heterocycles. The second-order valence-corrected chi connectivity index (χ2v) is 3.50. The smallest absolute Gasteiger partial charge is 0.217 e. The van der Waals surface area contributed by atoms with E-state index < -0.39 is 0 Å². The maximum atomic E-state index is 10.6. The van der Waals surface area contributed by atoms with Crippen molar-refractivity contribution in [2.24, 2.45) is 0 Å². The van der Waals surface area contributed by atoms with Crippen LogP contribution in [0.3, 0.4) is 0 Å². The summed E-state index contributed by atoms with van der Waals surface area (Å²) in [5.74, 6) is -0.0380. The minimum absolute atomic E-state index is 0.0380. The molecule has 3 nitrogen and oxygen atoms in total. The second kappa shape index (κ2) is 7.17. The Morgan fingerprint density at radius 1 is 1.18 bits per heavy atom. The van der Waals surface area contributed by atoms with Crippen LogP contribution in [-0.2, 0) is 9.59 Å². The molecule has 1 N–H and O–H groups in total. The van der Waals surface area contributed by atoms with Gasteiger partial charge in [-0.1, -0.05) is 42.5 Å². The summed E-state index contributed by atoms with van der Waals surface area (Å²) in [6.07, 6.45) is 7.78. The molecule has 0 aliphatic rings. The van der Waals surface area contributed by atoms with Crippen molar-refractivity contribution in [1.29, 1.82) is 0 Å². The molecule has 17 heavy (non-hydrogen) atoms. The van der Waals surface area contributed by atoms with E-state index in [4.69, 9.17) is 0 Å². The van der Waals surface area contributed by atoms with Crippen molar-refractivity contribution < 1.29 is 9.59 Å². The molecule has 1 amide bonds. The summed E-state index contributed by atoms with van der Waals surface area (Å²) in [6.45, 7) is 2.02. The van der Waals surface area contributed by atoms with E-state index in [0.29, 0.717) is 6.54 Å². The van der Waals surface area contributed by atoms with Crippen LogP contribution in [0.4, 0.5) is 0 Å². The van der Waals surface area contributed by atoms with E-state index in [-0.39, 0.29) is 5.91 Å². The molecular formula is C14H15NO2. The van der Waals surface area contributed by atoms with Crippen molar-refractivity contribution in [2.75, 3.05) is 6.54 Å². The van der Waals surface area contributed by atoms with Crippen LogP contribution in [0.1, 0.15) is 18.1 Å². The zero-order valence-electron chi connectivity index (χ0n) is 9.72. The number of allylic oxidation sites excluding steroid dienone is 1. The minimum atomic E-state index is -0.0380. The summed E-state index contributed by atoms with van der Waals surface area (Å²) in [4.78, 5) is 20.8. The minimum Gasteiger partial charge on any atom is -0.353 e. The van der Waals surface area contributed by atoms with Gasteiger partial charge in [0.2, 0.25) is 5.91 Å². The Bertz CT molecular complexity index is 430. The Hall–Kier alpha value is -2.16. The number of carbonyl (C=O) groups excluding carboxylic acids is 2. The molecular weight excluding hydrogens is 214 g/mol. The molecule has 1 aromatic carbocycles. The molecule has 0 radical (unpaired) electrons. The highest BCUT2D eigenvalue weighted by atomic mass is 16.1. The Morgan fingerprint density at radius 2 is 1.76 bits per heavy atom. The van der Waals surface area contributed by atoms with Gasteiger partial charge in [-0.05, 0) is 17.2 Å². The van der Waals surface area contributed by atoms with Crippen LogP contribution < -0.4 is 5.32 Å². The lowest BCUT2D eigenvalue weighted by atomic mass is 10.1. The van der Waals surface area contributed by atoms with Crippen LogP contribution in [0.5, 0.6) is 0 Å². The second-order valence-electron chi connectivity index (χ2n) is 3.50. The van der Waals surface area contributed by atoms with Crippen LogP contribution in [0.25, 0.3) is 12.2 Å². The first kappa shape index (κ1) is 12.9.